The van der Waals surface area contributed by atoms with Crippen molar-refractivity contribution in [2.45, 2.75) is 50.5 Å². The van der Waals surface area contributed by atoms with E-state index in [-0.39, 0.29) is 22.8 Å². The molecule has 1 unspecified atom stereocenters. The molecule has 0 saturated carbocycles. The van der Waals surface area contributed by atoms with Crippen LogP contribution < -0.4 is 9.80 Å². The van der Waals surface area contributed by atoms with Gasteiger partial charge in [-0.1, -0.05) is 29.8 Å². The summed E-state index contributed by atoms with van der Waals surface area (Å²) >= 11 is 6.42. The second-order valence-electron chi connectivity index (χ2n) is 11.2. The lowest BCUT2D eigenvalue weighted by atomic mass is 10.0. The Balaban J connectivity index is 1.48. The molecule has 3 aromatic rings. The van der Waals surface area contributed by atoms with E-state index in [1.807, 2.05) is 39.0 Å². The maximum Gasteiger partial charge on any atom is 0.410 e. The number of benzene rings is 2. The lowest BCUT2D eigenvalue weighted by Gasteiger charge is -2.41. The first-order valence-corrected chi connectivity index (χ1v) is 15.3. The third-order valence-electron chi connectivity index (χ3n) is 7.25. The van der Waals surface area contributed by atoms with Crippen molar-refractivity contribution in [2.75, 3.05) is 48.8 Å². The molecule has 9 nitrogen and oxygen atoms in total. The second kappa shape index (κ2) is 11.4. The SMILES string of the molecule is [C-]#[N+]C[C@H]1CN(c2nc(S(C)=O)nc3c2CCN(c2cccc4ccc(F)c(Cl)c24)C3)CCN1C(=O)OC(C)(C)C. The predicted molar refractivity (Wildman–Crippen MR) is 158 cm³/mol. The van der Waals surface area contributed by atoms with Crippen molar-refractivity contribution in [3.8, 4) is 0 Å². The van der Waals surface area contributed by atoms with E-state index >= 15 is 0 Å². The minimum atomic E-state index is -1.44. The summed E-state index contributed by atoms with van der Waals surface area (Å²) in [6.45, 7) is 15.3. The first-order valence-electron chi connectivity index (χ1n) is 13.4. The average molecular weight is 599 g/mol. The number of hydrogen-bond donors (Lipinski definition) is 0. The third-order valence-corrected chi connectivity index (χ3v) is 8.31. The van der Waals surface area contributed by atoms with Crippen LogP contribution in [-0.4, -0.2) is 75.8 Å². The molecule has 2 aliphatic heterocycles. The lowest BCUT2D eigenvalue weighted by molar-refractivity contribution is 0.0155. The molecule has 2 atom stereocenters. The van der Waals surface area contributed by atoms with E-state index in [2.05, 4.69) is 19.6 Å². The molecule has 0 radical (unpaired) electrons. The number of aromatic nitrogens is 2. The van der Waals surface area contributed by atoms with Gasteiger partial charge in [-0.3, -0.25) is 9.11 Å². The Labute approximate surface area is 246 Å². The quantitative estimate of drug-likeness (QED) is 0.306. The molecule has 1 saturated heterocycles. The molecular formula is C29H32ClFN6O3S. The van der Waals surface area contributed by atoms with E-state index in [0.29, 0.717) is 50.3 Å². The van der Waals surface area contributed by atoms with Crippen molar-refractivity contribution < 1.29 is 18.1 Å². The Morgan fingerprint density at radius 2 is 1.98 bits per heavy atom. The fourth-order valence-corrected chi connectivity index (χ4v) is 6.13. The fourth-order valence-electron chi connectivity index (χ4n) is 5.41. The molecule has 216 valence electrons. The van der Waals surface area contributed by atoms with Crippen molar-refractivity contribution in [3.63, 3.8) is 0 Å². The average Bonchev–Trinajstić information content (AvgIpc) is 2.93. The standard InChI is InChI=1S/C29H32ClFN6O3S/c1-29(2,3)40-28(38)37-14-13-36(16-19(37)15-32-4)26-20-11-12-35(17-22(20)33-27(34-26)41(5)39)23-8-6-7-18-9-10-21(31)25(30)24(18)23/h6-10,19H,11-17H2,1-3,5H3/t19-,41?/m0/s1. The van der Waals surface area contributed by atoms with Crippen LogP contribution in [0.1, 0.15) is 32.0 Å². The maximum atomic E-state index is 14.4. The van der Waals surface area contributed by atoms with E-state index in [1.165, 1.54) is 6.07 Å². The third kappa shape index (κ3) is 5.95. The van der Waals surface area contributed by atoms with E-state index < -0.39 is 28.3 Å². The zero-order valence-electron chi connectivity index (χ0n) is 23.5. The van der Waals surface area contributed by atoms with Gasteiger partial charge in [0.05, 0.1) is 28.1 Å². The van der Waals surface area contributed by atoms with E-state index in [0.717, 1.165) is 22.3 Å². The summed E-state index contributed by atoms with van der Waals surface area (Å²) in [5.74, 6) is 0.206. The number of nitrogens with zero attached hydrogens (tertiary/aromatic N) is 6. The van der Waals surface area contributed by atoms with Gasteiger partial charge in [-0.15, -0.1) is 0 Å². The smallest absolute Gasteiger partial charge is 0.410 e. The normalized spacial score (nSPS) is 18.2. The van der Waals surface area contributed by atoms with E-state index in [4.69, 9.17) is 27.9 Å². The van der Waals surface area contributed by atoms with Crippen LogP contribution in [-0.2, 0) is 28.5 Å². The monoisotopic (exact) mass is 598 g/mol. The predicted octanol–water partition coefficient (Wildman–Crippen LogP) is 5.07. The van der Waals surface area contributed by atoms with Gasteiger partial charge in [0.15, 0.2) is 0 Å². The van der Waals surface area contributed by atoms with Gasteiger partial charge < -0.3 is 19.4 Å². The van der Waals surface area contributed by atoms with Gasteiger partial charge >= 0.3 is 6.09 Å². The largest absolute Gasteiger partial charge is 0.444 e. The fraction of sp³-hybridized carbons (Fsp3) is 0.448. The number of piperazine rings is 1. The molecule has 0 bridgehead atoms. The number of carbonyl (C=O) groups is 1. The molecule has 3 heterocycles. The number of fused-ring (bicyclic) bond motifs is 2. The molecule has 12 heteroatoms. The zero-order valence-corrected chi connectivity index (χ0v) is 25.1. The van der Waals surface area contributed by atoms with Crippen LogP contribution >= 0.6 is 11.6 Å². The highest BCUT2D eigenvalue weighted by molar-refractivity contribution is 7.84. The Hall–Kier alpha value is -3.49. The zero-order chi connectivity index (χ0) is 29.5. The summed E-state index contributed by atoms with van der Waals surface area (Å²) in [4.78, 5) is 31.7. The number of ether oxygens (including phenoxy) is 1. The summed E-state index contributed by atoms with van der Waals surface area (Å²) < 4.78 is 32.6. The van der Waals surface area contributed by atoms with Crippen LogP contribution in [0.5, 0.6) is 0 Å². The first kappa shape index (κ1) is 29.0. The van der Waals surface area contributed by atoms with Gasteiger partial charge in [-0.05, 0) is 44.7 Å². The van der Waals surface area contributed by atoms with Crippen molar-refractivity contribution >= 4 is 50.8 Å². The van der Waals surface area contributed by atoms with Crippen LogP contribution in [0, 0.1) is 12.4 Å². The summed E-state index contributed by atoms with van der Waals surface area (Å²) in [5, 5.41) is 1.79. The number of halogens is 2. The number of anilines is 2. The highest BCUT2D eigenvalue weighted by atomic mass is 35.5. The first-order chi connectivity index (χ1) is 19.5. The van der Waals surface area contributed by atoms with Gasteiger partial charge in [0.2, 0.25) is 11.7 Å². The lowest BCUT2D eigenvalue weighted by Crippen LogP contribution is -2.57. The Morgan fingerprint density at radius 3 is 2.68 bits per heavy atom. The number of carbonyl (C=O) groups excluding carboxylic acids is 1. The van der Waals surface area contributed by atoms with Crippen molar-refractivity contribution in [2.24, 2.45) is 0 Å². The number of rotatable bonds is 4. The molecule has 41 heavy (non-hydrogen) atoms. The Kier molecular flexibility index (Phi) is 8.08. The molecule has 2 aromatic carbocycles. The molecule has 0 spiro atoms. The molecule has 2 aliphatic rings. The Bertz CT molecular complexity index is 1570. The Morgan fingerprint density at radius 1 is 1.20 bits per heavy atom. The highest BCUT2D eigenvalue weighted by Crippen LogP contribution is 2.38. The molecular weight excluding hydrogens is 567 g/mol. The van der Waals surface area contributed by atoms with Gasteiger partial charge in [0.1, 0.15) is 23.3 Å². The van der Waals surface area contributed by atoms with Gasteiger partial charge in [-0.25, -0.2) is 25.7 Å². The summed E-state index contributed by atoms with van der Waals surface area (Å²) in [7, 11) is -1.44. The van der Waals surface area contributed by atoms with Crippen molar-refractivity contribution in [3.05, 3.63) is 63.8 Å². The summed E-state index contributed by atoms with van der Waals surface area (Å²) in [6, 6.07) is 8.44. The minimum absolute atomic E-state index is 0.0799. The van der Waals surface area contributed by atoms with E-state index in [1.54, 1.807) is 17.2 Å². The molecule has 1 fully saturated rings. The number of hydrogen-bond acceptors (Lipinski definition) is 7. The van der Waals surface area contributed by atoms with Gasteiger partial charge in [-0.2, -0.15) is 0 Å². The molecule has 1 aromatic heterocycles. The topological polar surface area (TPSA) is 83.2 Å². The second-order valence-corrected chi connectivity index (χ2v) is 12.9. The van der Waals surface area contributed by atoms with Gasteiger partial charge in [0.25, 0.3) is 0 Å². The van der Waals surface area contributed by atoms with Crippen molar-refractivity contribution in [1.82, 2.24) is 14.9 Å². The van der Waals surface area contributed by atoms with Gasteiger partial charge in [0, 0.05) is 49.1 Å². The van der Waals surface area contributed by atoms with Crippen LogP contribution in [0.4, 0.5) is 20.7 Å². The van der Waals surface area contributed by atoms with E-state index in [9.17, 15) is 13.4 Å². The van der Waals surface area contributed by atoms with Crippen molar-refractivity contribution in [1.29, 1.82) is 0 Å². The molecule has 0 N–H and O–H groups in total. The highest BCUT2D eigenvalue weighted by Gasteiger charge is 2.37. The molecule has 5 rings (SSSR count). The molecule has 1 amide bonds. The minimum Gasteiger partial charge on any atom is -0.444 e. The summed E-state index contributed by atoms with van der Waals surface area (Å²) in [6.07, 6.45) is 1.71. The van der Waals surface area contributed by atoms with Crippen LogP contribution in [0.2, 0.25) is 5.02 Å². The van der Waals surface area contributed by atoms with Crippen LogP contribution in [0.15, 0.2) is 35.5 Å². The van der Waals surface area contributed by atoms with Crippen LogP contribution in [0.3, 0.4) is 0 Å². The van der Waals surface area contributed by atoms with Crippen LogP contribution in [0.25, 0.3) is 15.6 Å². The maximum absolute atomic E-state index is 14.4. The summed E-state index contributed by atoms with van der Waals surface area (Å²) in [5.41, 5.74) is 1.85. The number of amides is 1. The molecule has 0 aliphatic carbocycles.